The summed E-state index contributed by atoms with van der Waals surface area (Å²) in [4.78, 5) is 32.2. The fraction of sp³-hybridized carbons (Fsp3) is 0.441. The van der Waals surface area contributed by atoms with E-state index in [0.29, 0.717) is 64.2 Å². The van der Waals surface area contributed by atoms with Crippen molar-refractivity contribution in [2.45, 2.75) is 70.3 Å². The van der Waals surface area contributed by atoms with Crippen LogP contribution in [-0.2, 0) is 4.79 Å². The lowest BCUT2D eigenvalue weighted by atomic mass is 9.85. The highest BCUT2D eigenvalue weighted by atomic mass is 16.5. The number of hydrogen-bond donors (Lipinski definition) is 1. The zero-order valence-electron chi connectivity index (χ0n) is 24.4. The normalized spacial score (nSPS) is 18.9. The quantitative estimate of drug-likeness (QED) is 0.231. The highest BCUT2D eigenvalue weighted by molar-refractivity contribution is 5.93. The molecule has 8 heteroatoms. The highest BCUT2D eigenvalue weighted by Crippen LogP contribution is 2.39. The number of aryl methyl sites for hydroxylation is 1. The van der Waals surface area contributed by atoms with Gasteiger partial charge in [-0.3, -0.25) is 14.6 Å². The van der Waals surface area contributed by atoms with E-state index in [1.165, 1.54) is 25.7 Å². The van der Waals surface area contributed by atoms with Crippen molar-refractivity contribution in [3.63, 3.8) is 0 Å². The lowest BCUT2D eigenvalue weighted by Gasteiger charge is -2.32. The molecule has 1 aliphatic heterocycles. The molecule has 3 heterocycles. The Balaban J connectivity index is 1.26. The Bertz CT molecular complexity index is 1640. The van der Waals surface area contributed by atoms with Crippen LogP contribution in [0.25, 0.3) is 21.9 Å². The molecule has 1 aliphatic carbocycles. The van der Waals surface area contributed by atoms with Gasteiger partial charge in [0.15, 0.2) is 11.3 Å². The summed E-state index contributed by atoms with van der Waals surface area (Å²) < 4.78 is 18.7. The molecule has 8 nitrogen and oxygen atoms in total. The molecule has 2 N–H and O–H groups in total. The number of nitrogens with two attached hydrogens (primary N) is 1. The lowest BCUT2D eigenvalue weighted by Crippen LogP contribution is -2.40. The number of amides is 1. The first kappa shape index (κ1) is 28.2. The number of likely N-dealkylation sites (N-methyl/N-ethyl adjacent to an activating group) is 1. The smallest absolute Gasteiger partial charge is 0.218 e. The molecular formula is C34H39N3O5. The van der Waals surface area contributed by atoms with E-state index in [0.717, 1.165) is 37.1 Å². The monoisotopic (exact) mass is 569 g/mol. The maximum Gasteiger partial charge on any atom is 0.218 e. The first-order valence-corrected chi connectivity index (χ1v) is 15.1. The number of nitrogens with zero attached hydrogens (tertiary/aromatic N) is 2. The fourth-order valence-electron chi connectivity index (χ4n) is 6.65. The van der Waals surface area contributed by atoms with Crippen LogP contribution in [-0.4, -0.2) is 42.0 Å². The van der Waals surface area contributed by atoms with Gasteiger partial charge in [-0.15, -0.1) is 0 Å². The van der Waals surface area contributed by atoms with Crippen molar-refractivity contribution in [3.05, 3.63) is 70.1 Å². The maximum atomic E-state index is 13.5. The minimum absolute atomic E-state index is 0.0286. The van der Waals surface area contributed by atoms with Crippen LogP contribution in [0.2, 0.25) is 0 Å². The van der Waals surface area contributed by atoms with Gasteiger partial charge < -0.3 is 24.5 Å². The average Bonchev–Trinajstić information content (AvgIpc) is 3.51. The van der Waals surface area contributed by atoms with Crippen LogP contribution in [0.5, 0.6) is 17.2 Å². The van der Waals surface area contributed by atoms with E-state index in [9.17, 15) is 9.59 Å². The summed E-state index contributed by atoms with van der Waals surface area (Å²) in [7, 11) is 2.13. The van der Waals surface area contributed by atoms with Crippen molar-refractivity contribution in [2.75, 3.05) is 20.2 Å². The van der Waals surface area contributed by atoms with Crippen molar-refractivity contribution >= 4 is 27.8 Å². The third-order valence-corrected chi connectivity index (χ3v) is 8.97. The third-order valence-electron chi connectivity index (χ3n) is 8.97. The van der Waals surface area contributed by atoms with Gasteiger partial charge in [-0.25, -0.2) is 0 Å². The number of rotatable bonds is 9. The number of primary amides is 1. The summed E-state index contributed by atoms with van der Waals surface area (Å²) in [6.07, 6.45) is 10.0. The van der Waals surface area contributed by atoms with Gasteiger partial charge in [0, 0.05) is 30.1 Å². The number of ether oxygens (including phenoxy) is 2. The Labute approximate surface area is 245 Å². The molecular weight excluding hydrogens is 530 g/mol. The maximum absolute atomic E-state index is 13.5. The fourth-order valence-corrected chi connectivity index (χ4v) is 6.65. The number of fused-ring (bicyclic) bond motifs is 2. The predicted molar refractivity (Wildman–Crippen MR) is 163 cm³/mol. The van der Waals surface area contributed by atoms with Gasteiger partial charge in [-0.2, -0.15) is 0 Å². The van der Waals surface area contributed by atoms with E-state index < -0.39 is 0 Å². The zero-order chi connectivity index (χ0) is 29.2. The van der Waals surface area contributed by atoms with Crippen LogP contribution >= 0.6 is 0 Å². The van der Waals surface area contributed by atoms with Crippen LogP contribution in [0.3, 0.4) is 0 Å². The number of hydrogen-bond acceptors (Lipinski definition) is 7. The van der Waals surface area contributed by atoms with Crippen LogP contribution in [0, 0.1) is 12.8 Å². The first-order valence-electron chi connectivity index (χ1n) is 15.1. The van der Waals surface area contributed by atoms with E-state index in [-0.39, 0.29) is 17.3 Å². The number of carbonyl (C=O) groups is 1. The Morgan fingerprint density at radius 2 is 1.83 bits per heavy atom. The van der Waals surface area contributed by atoms with Gasteiger partial charge in [-0.1, -0.05) is 19.3 Å². The number of carbonyl (C=O) groups excluding carboxylic acids is 1. The van der Waals surface area contributed by atoms with Gasteiger partial charge in [0.05, 0.1) is 17.0 Å². The van der Waals surface area contributed by atoms with Gasteiger partial charge in [0.1, 0.15) is 23.7 Å². The van der Waals surface area contributed by atoms with Crippen LogP contribution < -0.4 is 20.6 Å². The van der Waals surface area contributed by atoms with Gasteiger partial charge in [0.2, 0.25) is 11.3 Å². The molecule has 42 heavy (non-hydrogen) atoms. The van der Waals surface area contributed by atoms with Crippen LogP contribution in [0.15, 0.2) is 57.9 Å². The third kappa shape index (κ3) is 6.00. The number of benzene rings is 2. The molecule has 2 aliphatic rings. The Kier molecular flexibility index (Phi) is 8.16. The molecule has 0 radical (unpaired) electrons. The molecule has 0 spiro atoms. The Morgan fingerprint density at radius 3 is 2.57 bits per heavy atom. The summed E-state index contributed by atoms with van der Waals surface area (Å²) in [5.74, 6) is 1.83. The Morgan fingerprint density at radius 1 is 1.05 bits per heavy atom. The van der Waals surface area contributed by atoms with Gasteiger partial charge in [0.25, 0.3) is 0 Å². The molecule has 2 atom stereocenters. The molecule has 1 saturated heterocycles. The molecule has 2 fully saturated rings. The second-order valence-electron chi connectivity index (χ2n) is 12.0. The summed E-state index contributed by atoms with van der Waals surface area (Å²) in [6, 6.07) is 13.1. The van der Waals surface area contributed by atoms with Crippen molar-refractivity contribution in [3.8, 4) is 17.2 Å². The van der Waals surface area contributed by atoms with Crippen molar-refractivity contribution in [2.24, 2.45) is 11.7 Å². The molecule has 1 saturated carbocycles. The molecule has 0 bridgehead atoms. The summed E-state index contributed by atoms with van der Waals surface area (Å²) in [6.45, 7) is 3.57. The van der Waals surface area contributed by atoms with Crippen molar-refractivity contribution in [1.29, 1.82) is 0 Å². The number of pyridine rings is 1. The number of aromatic nitrogens is 1. The van der Waals surface area contributed by atoms with Crippen molar-refractivity contribution in [1.82, 2.24) is 9.88 Å². The van der Waals surface area contributed by atoms with Crippen LogP contribution in [0.4, 0.5) is 0 Å². The largest absolute Gasteiger partial charge is 0.488 e. The minimum Gasteiger partial charge on any atom is -0.488 e. The first-order chi connectivity index (χ1) is 20.4. The van der Waals surface area contributed by atoms with Crippen molar-refractivity contribution < 1.29 is 18.7 Å². The average molecular weight is 570 g/mol. The zero-order valence-corrected chi connectivity index (χ0v) is 24.4. The topological polar surface area (TPSA) is 108 Å². The highest BCUT2D eigenvalue weighted by Gasteiger charge is 2.29. The molecule has 4 aromatic rings. The predicted octanol–water partition coefficient (Wildman–Crippen LogP) is 6.45. The molecule has 2 aromatic carbocycles. The number of likely N-dealkylation sites (tertiary alicyclic amines) is 1. The molecule has 2 unspecified atom stereocenters. The number of piperidine rings is 1. The van der Waals surface area contributed by atoms with E-state index >= 15 is 0 Å². The van der Waals surface area contributed by atoms with E-state index in [1.54, 1.807) is 24.4 Å². The standard InChI is InChI=1S/C34H39N3O5/c1-21-15-28-33(39)26-12-10-24(17-30(26)42-34(28)31(16-21)40-20-23-9-5-6-14-37(23)2)41-25-11-13-29(36-19-25)27(18-32(35)38)22-7-3-4-8-22/h10-13,15-17,19,22-23,27H,3-9,14,18,20H2,1-2H3,(H2,35,38). The summed E-state index contributed by atoms with van der Waals surface area (Å²) >= 11 is 0. The van der Waals surface area contributed by atoms with E-state index in [2.05, 4.69) is 16.9 Å². The summed E-state index contributed by atoms with van der Waals surface area (Å²) in [5, 5.41) is 0.994. The molecule has 6 rings (SSSR count). The molecule has 2 aromatic heterocycles. The Hall–Kier alpha value is -3.91. The summed E-state index contributed by atoms with van der Waals surface area (Å²) in [5.41, 5.74) is 8.16. The molecule has 1 amide bonds. The minimum atomic E-state index is -0.302. The van der Waals surface area contributed by atoms with Gasteiger partial charge >= 0.3 is 0 Å². The second kappa shape index (κ2) is 12.1. The van der Waals surface area contributed by atoms with E-state index in [4.69, 9.17) is 19.6 Å². The van der Waals surface area contributed by atoms with Crippen LogP contribution in [0.1, 0.15) is 68.5 Å². The SMILES string of the molecule is Cc1cc(OCC2CCCCN2C)c2oc3cc(Oc4ccc(C(CC(N)=O)C5CCCC5)nc4)ccc3c(=O)c2c1. The molecule has 220 valence electrons. The van der Waals surface area contributed by atoms with E-state index in [1.807, 2.05) is 31.2 Å². The van der Waals surface area contributed by atoms with Gasteiger partial charge in [-0.05, 0) is 94.1 Å². The lowest BCUT2D eigenvalue weighted by molar-refractivity contribution is -0.118. The second-order valence-corrected chi connectivity index (χ2v) is 12.0.